The largest absolute Gasteiger partial charge is 0.312 e. The Bertz CT molecular complexity index is 794. The minimum atomic E-state index is -0.348. The molecule has 6 nitrogen and oxygen atoms in total. The van der Waals surface area contributed by atoms with Crippen LogP contribution in [0.15, 0.2) is 30.3 Å². The smallest absolute Gasteiger partial charge is 0.231 e. The van der Waals surface area contributed by atoms with Gasteiger partial charge in [-0.3, -0.25) is 14.7 Å². The number of H-pyrrole nitrogens is 1. The van der Waals surface area contributed by atoms with Gasteiger partial charge in [0, 0.05) is 36.3 Å². The van der Waals surface area contributed by atoms with Crippen LogP contribution in [0.1, 0.15) is 36.4 Å². The van der Waals surface area contributed by atoms with E-state index in [9.17, 15) is 9.59 Å². The molecule has 0 bridgehead atoms. The van der Waals surface area contributed by atoms with Crippen LogP contribution in [0, 0.1) is 12.8 Å². The van der Waals surface area contributed by atoms with E-state index in [0.717, 1.165) is 16.9 Å². The molecule has 1 aliphatic carbocycles. The number of hydrogen-bond acceptors (Lipinski definition) is 3. The van der Waals surface area contributed by atoms with E-state index in [2.05, 4.69) is 15.5 Å². The normalized spacial score (nSPS) is 20.5. The third-order valence-electron chi connectivity index (χ3n) is 4.68. The first-order valence-electron chi connectivity index (χ1n) is 8.33. The second-order valence-corrected chi connectivity index (χ2v) is 6.72. The summed E-state index contributed by atoms with van der Waals surface area (Å²) in [6.07, 6.45) is 2.59. The maximum atomic E-state index is 12.5. The van der Waals surface area contributed by atoms with E-state index >= 15 is 0 Å². The molecule has 1 saturated carbocycles. The SMILES string of the molecule is Cc1cccc(N2C[C@@H](C(=O)Nc3cc(C4CC4)[nH]n3)CC2=O)c1. The van der Waals surface area contributed by atoms with Crippen molar-refractivity contribution in [1.82, 2.24) is 10.2 Å². The Balaban J connectivity index is 1.42. The summed E-state index contributed by atoms with van der Waals surface area (Å²) in [5.41, 5.74) is 3.03. The molecule has 1 aliphatic heterocycles. The third kappa shape index (κ3) is 2.91. The van der Waals surface area contributed by atoms with E-state index in [1.54, 1.807) is 4.90 Å². The van der Waals surface area contributed by atoms with Gasteiger partial charge in [0.15, 0.2) is 5.82 Å². The monoisotopic (exact) mass is 324 g/mol. The van der Waals surface area contributed by atoms with Crippen molar-refractivity contribution in [2.45, 2.75) is 32.1 Å². The predicted molar refractivity (Wildman–Crippen MR) is 90.8 cm³/mol. The van der Waals surface area contributed by atoms with Crippen LogP contribution in [0.3, 0.4) is 0 Å². The summed E-state index contributed by atoms with van der Waals surface area (Å²) in [7, 11) is 0. The molecular formula is C18H20N4O2. The lowest BCUT2D eigenvalue weighted by Gasteiger charge is -2.17. The lowest BCUT2D eigenvalue weighted by atomic mass is 10.1. The minimum absolute atomic E-state index is 0.0125. The zero-order valence-corrected chi connectivity index (χ0v) is 13.6. The highest BCUT2D eigenvalue weighted by Crippen LogP contribution is 2.39. The highest BCUT2D eigenvalue weighted by Gasteiger charge is 2.35. The van der Waals surface area contributed by atoms with Crippen LogP contribution >= 0.6 is 0 Å². The zero-order chi connectivity index (χ0) is 16.7. The van der Waals surface area contributed by atoms with Gasteiger partial charge in [-0.15, -0.1) is 0 Å². The molecule has 0 radical (unpaired) electrons. The van der Waals surface area contributed by atoms with Crippen molar-refractivity contribution in [3.63, 3.8) is 0 Å². The van der Waals surface area contributed by atoms with Crippen molar-refractivity contribution in [1.29, 1.82) is 0 Å². The van der Waals surface area contributed by atoms with Crippen molar-refractivity contribution in [3.05, 3.63) is 41.6 Å². The first-order chi connectivity index (χ1) is 11.6. The number of amides is 2. The molecule has 1 aromatic carbocycles. The van der Waals surface area contributed by atoms with Crippen LogP contribution in [0.5, 0.6) is 0 Å². The lowest BCUT2D eigenvalue weighted by molar-refractivity contribution is -0.122. The molecule has 2 aromatic rings. The Labute approximate surface area is 140 Å². The first-order valence-corrected chi connectivity index (χ1v) is 8.33. The lowest BCUT2D eigenvalue weighted by Crippen LogP contribution is -2.28. The number of rotatable bonds is 4. The van der Waals surface area contributed by atoms with Crippen LogP contribution in [0.2, 0.25) is 0 Å². The zero-order valence-electron chi connectivity index (χ0n) is 13.6. The van der Waals surface area contributed by atoms with Gasteiger partial charge in [0.05, 0.1) is 5.92 Å². The Hall–Kier alpha value is -2.63. The first kappa shape index (κ1) is 14.9. The molecule has 2 aliphatic rings. The molecule has 1 aromatic heterocycles. The summed E-state index contributed by atoms with van der Waals surface area (Å²) in [6, 6.07) is 9.68. The minimum Gasteiger partial charge on any atom is -0.312 e. The van der Waals surface area contributed by atoms with Crippen LogP contribution in [-0.4, -0.2) is 28.6 Å². The molecule has 1 saturated heterocycles. The fraction of sp³-hybridized carbons (Fsp3) is 0.389. The Morgan fingerprint density at radius 1 is 1.33 bits per heavy atom. The van der Waals surface area contributed by atoms with Crippen molar-refractivity contribution < 1.29 is 9.59 Å². The summed E-state index contributed by atoms with van der Waals surface area (Å²) < 4.78 is 0. The maximum Gasteiger partial charge on any atom is 0.231 e. The third-order valence-corrected chi connectivity index (χ3v) is 4.68. The van der Waals surface area contributed by atoms with Gasteiger partial charge in [-0.25, -0.2) is 0 Å². The highest BCUT2D eigenvalue weighted by atomic mass is 16.2. The van der Waals surface area contributed by atoms with Crippen molar-refractivity contribution in [2.24, 2.45) is 5.92 Å². The second-order valence-electron chi connectivity index (χ2n) is 6.72. The number of carbonyl (C=O) groups is 2. The number of aromatic nitrogens is 2. The molecule has 2 heterocycles. The van der Waals surface area contributed by atoms with Gasteiger partial charge in [0.25, 0.3) is 0 Å². The van der Waals surface area contributed by atoms with Crippen LogP contribution in [0.25, 0.3) is 0 Å². The molecule has 24 heavy (non-hydrogen) atoms. The fourth-order valence-corrected chi connectivity index (χ4v) is 3.16. The molecule has 4 rings (SSSR count). The van der Waals surface area contributed by atoms with Gasteiger partial charge < -0.3 is 10.2 Å². The average Bonchev–Trinajstić information content (AvgIpc) is 3.18. The van der Waals surface area contributed by atoms with Gasteiger partial charge in [0.1, 0.15) is 0 Å². The summed E-state index contributed by atoms with van der Waals surface area (Å²) in [5.74, 6) is 0.601. The molecule has 1 atom stereocenters. The number of nitrogens with one attached hydrogen (secondary N) is 2. The molecule has 0 unspecified atom stereocenters. The molecule has 2 amide bonds. The van der Waals surface area contributed by atoms with Crippen LogP contribution in [-0.2, 0) is 9.59 Å². The fourth-order valence-electron chi connectivity index (χ4n) is 3.16. The molecule has 2 fully saturated rings. The Morgan fingerprint density at radius 3 is 2.92 bits per heavy atom. The standard InChI is InChI=1S/C18H20N4O2/c1-11-3-2-4-14(7-11)22-10-13(8-17(22)23)18(24)19-16-9-15(20-21-16)12-5-6-12/h2-4,7,9,12-13H,5-6,8,10H2,1H3,(H2,19,20,21,24)/t13-/m0/s1. The van der Waals surface area contributed by atoms with Crippen molar-refractivity contribution in [3.8, 4) is 0 Å². The van der Waals surface area contributed by atoms with Crippen molar-refractivity contribution >= 4 is 23.3 Å². The Morgan fingerprint density at radius 2 is 2.17 bits per heavy atom. The maximum absolute atomic E-state index is 12.5. The van der Waals surface area contributed by atoms with E-state index in [4.69, 9.17) is 0 Å². The predicted octanol–water partition coefficient (Wildman–Crippen LogP) is 2.59. The average molecular weight is 324 g/mol. The number of carbonyl (C=O) groups excluding carboxylic acids is 2. The molecule has 0 spiro atoms. The number of nitrogens with zero attached hydrogens (tertiary/aromatic N) is 2. The molecule has 6 heteroatoms. The molecular weight excluding hydrogens is 304 g/mol. The molecule has 2 N–H and O–H groups in total. The number of aryl methyl sites for hydroxylation is 1. The van der Waals surface area contributed by atoms with E-state index in [1.807, 2.05) is 37.3 Å². The molecule has 124 valence electrons. The quantitative estimate of drug-likeness (QED) is 0.907. The second kappa shape index (κ2) is 5.78. The van der Waals surface area contributed by atoms with Crippen LogP contribution in [0.4, 0.5) is 11.5 Å². The Kier molecular flexibility index (Phi) is 3.59. The van der Waals surface area contributed by atoms with Gasteiger partial charge >= 0.3 is 0 Å². The van der Waals surface area contributed by atoms with Gasteiger partial charge in [-0.2, -0.15) is 5.10 Å². The van der Waals surface area contributed by atoms with Gasteiger partial charge in [-0.1, -0.05) is 12.1 Å². The number of anilines is 2. The number of hydrogen-bond donors (Lipinski definition) is 2. The highest BCUT2D eigenvalue weighted by molar-refractivity contribution is 6.03. The summed E-state index contributed by atoms with van der Waals surface area (Å²) >= 11 is 0. The topological polar surface area (TPSA) is 78.1 Å². The van der Waals surface area contributed by atoms with Crippen LogP contribution < -0.4 is 10.2 Å². The van der Waals surface area contributed by atoms with Crippen molar-refractivity contribution in [2.75, 3.05) is 16.8 Å². The van der Waals surface area contributed by atoms with E-state index in [0.29, 0.717) is 18.3 Å². The number of aromatic amines is 1. The summed E-state index contributed by atoms with van der Waals surface area (Å²) in [6.45, 7) is 2.40. The van der Waals surface area contributed by atoms with Gasteiger partial charge in [-0.05, 0) is 37.5 Å². The summed E-state index contributed by atoms with van der Waals surface area (Å²) in [5, 5.41) is 9.94. The van der Waals surface area contributed by atoms with Gasteiger partial charge in [0.2, 0.25) is 11.8 Å². The van der Waals surface area contributed by atoms with E-state index in [-0.39, 0.29) is 24.2 Å². The number of benzene rings is 1. The van der Waals surface area contributed by atoms with E-state index in [1.165, 1.54) is 12.8 Å². The van der Waals surface area contributed by atoms with E-state index < -0.39 is 0 Å². The summed E-state index contributed by atoms with van der Waals surface area (Å²) in [4.78, 5) is 26.4.